The van der Waals surface area contributed by atoms with Gasteiger partial charge in [-0.1, -0.05) is 24.0 Å². The van der Waals surface area contributed by atoms with Crippen molar-refractivity contribution >= 4 is 27.4 Å². The lowest BCUT2D eigenvalue weighted by Crippen LogP contribution is -2.38. The van der Waals surface area contributed by atoms with Gasteiger partial charge < -0.3 is 4.74 Å². The van der Waals surface area contributed by atoms with Gasteiger partial charge >= 0.3 is 17.8 Å². The first-order chi connectivity index (χ1) is 21.6. The van der Waals surface area contributed by atoms with Crippen molar-refractivity contribution in [3.63, 3.8) is 0 Å². The fourth-order valence-electron chi connectivity index (χ4n) is 5.07. The average molecular weight is 657 g/mol. The summed E-state index contributed by atoms with van der Waals surface area (Å²) in [5.41, 5.74) is -0.763. The topological polar surface area (TPSA) is 131 Å². The maximum atomic E-state index is 14.1. The van der Waals surface area contributed by atoms with Crippen LogP contribution < -0.4 is 10.6 Å². The van der Waals surface area contributed by atoms with Crippen LogP contribution in [0.1, 0.15) is 41.6 Å². The summed E-state index contributed by atoms with van der Waals surface area (Å²) in [6.07, 6.45) is -3.61. The number of carbonyl (C=O) groups is 1. The Bertz CT molecular complexity index is 1980. The maximum absolute atomic E-state index is 14.1. The molecule has 4 rings (SSSR count). The van der Waals surface area contributed by atoms with E-state index in [0.29, 0.717) is 17.7 Å². The van der Waals surface area contributed by atoms with E-state index in [1.54, 1.807) is 6.07 Å². The predicted molar refractivity (Wildman–Crippen MR) is 164 cm³/mol. The number of hydrogen-bond donors (Lipinski definition) is 0. The Morgan fingerprint density at radius 3 is 2.50 bits per heavy atom. The van der Waals surface area contributed by atoms with Gasteiger partial charge in [-0.05, 0) is 63.3 Å². The number of allylic oxidation sites excluding steroid dienone is 1. The van der Waals surface area contributed by atoms with E-state index >= 15 is 0 Å². The summed E-state index contributed by atoms with van der Waals surface area (Å²) < 4.78 is 72.2. The van der Waals surface area contributed by atoms with Gasteiger partial charge in [0.2, 0.25) is 5.95 Å². The number of alkyl halides is 3. The zero-order valence-electron chi connectivity index (χ0n) is 25.7. The van der Waals surface area contributed by atoms with Crippen LogP contribution in [0.15, 0.2) is 58.5 Å². The molecule has 15 heteroatoms. The van der Waals surface area contributed by atoms with Crippen LogP contribution in [0.3, 0.4) is 0 Å². The second-order valence-corrected chi connectivity index (χ2v) is 13.1. The van der Waals surface area contributed by atoms with E-state index < -0.39 is 39.3 Å². The van der Waals surface area contributed by atoms with Crippen LogP contribution in [-0.2, 0) is 32.1 Å². The van der Waals surface area contributed by atoms with Crippen molar-refractivity contribution in [2.45, 2.75) is 32.1 Å². The van der Waals surface area contributed by atoms with E-state index in [1.807, 2.05) is 19.0 Å². The summed E-state index contributed by atoms with van der Waals surface area (Å²) in [5, 5.41) is 14.0. The monoisotopic (exact) mass is 656 g/mol. The molecular formula is C31H31F3N6O5S. The Kier molecular flexibility index (Phi) is 9.80. The first kappa shape index (κ1) is 34.0. The second-order valence-electron chi connectivity index (χ2n) is 10.9. The fourth-order valence-corrected chi connectivity index (χ4v) is 5.72. The molecule has 2 heterocycles. The van der Waals surface area contributed by atoms with Crippen LogP contribution in [-0.4, -0.2) is 73.4 Å². The number of aryl methyl sites for hydroxylation is 1. The molecule has 0 bridgehead atoms. The van der Waals surface area contributed by atoms with Crippen molar-refractivity contribution in [3.05, 3.63) is 86.5 Å². The molecule has 46 heavy (non-hydrogen) atoms. The summed E-state index contributed by atoms with van der Waals surface area (Å²) in [6, 6.07) is 9.73. The molecule has 0 spiro atoms. The van der Waals surface area contributed by atoms with Gasteiger partial charge in [-0.15, -0.1) is 5.10 Å². The molecule has 1 aliphatic heterocycles. The minimum atomic E-state index is -4.69. The normalized spacial score (nSPS) is 14.9. The zero-order valence-corrected chi connectivity index (χ0v) is 26.5. The predicted octanol–water partition coefficient (Wildman–Crippen LogP) is 3.47. The molecule has 1 unspecified atom stereocenters. The smallest absolute Gasteiger partial charge is 0.416 e. The molecule has 0 radical (unpaired) electrons. The number of rotatable bonds is 8. The van der Waals surface area contributed by atoms with Gasteiger partial charge in [-0.2, -0.15) is 18.4 Å². The van der Waals surface area contributed by atoms with Gasteiger partial charge in [0.25, 0.3) is 0 Å². The van der Waals surface area contributed by atoms with E-state index in [4.69, 9.17) is 4.74 Å². The van der Waals surface area contributed by atoms with Crippen molar-refractivity contribution in [1.29, 1.82) is 5.26 Å². The Morgan fingerprint density at radius 2 is 1.89 bits per heavy atom. The summed E-state index contributed by atoms with van der Waals surface area (Å²) in [5.74, 6) is 4.79. The Balaban J connectivity index is 2.07. The lowest BCUT2D eigenvalue weighted by atomic mass is 9.90. The van der Waals surface area contributed by atoms with Gasteiger partial charge in [0, 0.05) is 29.7 Å². The largest absolute Gasteiger partial charge is 0.466 e. The van der Waals surface area contributed by atoms with E-state index in [0.717, 1.165) is 34.7 Å². The number of carbonyl (C=O) groups excluding carboxylic acids is 1. The number of fused-ring (bicyclic) bond motifs is 1. The number of halogens is 3. The Labute approximate surface area is 264 Å². The number of hydrogen-bond acceptors (Lipinski definition) is 9. The Morgan fingerprint density at radius 1 is 1.17 bits per heavy atom. The molecule has 0 aliphatic carbocycles. The third kappa shape index (κ3) is 7.17. The quantitative estimate of drug-likeness (QED) is 0.264. The minimum Gasteiger partial charge on any atom is -0.466 e. The molecule has 11 nitrogen and oxygen atoms in total. The molecule has 1 atom stereocenters. The number of aromatic nitrogens is 3. The van der Waals surface area contributed by atoms with Crippen molar-refractivity contribution in [3.8, 4) is 17.9 Å². The second kappa shape index (κ2) is 13.2. The van der Waals surface area contributed by atoms with E-state index in [-0.39, 0.29) is 47.2 Å². The minimum absolute atomic E-state index is 0.0256. The van der Waals surface area contributed by atoms with Gasteiger partial charge in [-0.3, -0.25) is 9.80 Å². The highest BCUT2D eigenvalue weighted by Gasteiger charge is 2.41. The molecule has 1 aliphatic rings. The summed E-state index contributed by atoms with van der Waals surface area (Å²) in [4.78, 5) is 30.7. The van der Waals surface area contributed by atoms with Crippen molar-refractivity contribution in [2.75, 3.05) is 44.7 Å². The highest BCUT2D eigenvalue weighted by atomic mass is 32.2. The van der Waals surface area contributed by atoms with Crippen LogP contribution in [0.25, 0.3) is 0 Å². The van der Waals surface area contributed by atoms with Gasteiger partial charge in [-0.25, -0.2) is 27.3 Å². The van der Waals surface area contributed by atoms with Crippen molar-refractivity contribution < 1.29 is 31.1 Å². The Hall–Kier alpha value is -4.86. The number of anilines is 2. The van der Waals surface area contributed by atoms with E-state index in [1.165, 1.54) is 36.1 Å². The lowest BCUT2D eigenvalue weighted by Gasteiger charge is -2.35. The van der Waals surface area contributed by atoms with Crippen LogP contribution in [0.5, 0.6) is 0 Å². The molecule has 242 valence electrons. The third-order valence-corrected chi connectivity index (χ3v) is 8.16. The molecular weight excluding hydrogens is 625 g/mol. The maximum Gasteiger partial charge on any atom is 0.416 e. The van der Waals surface area contributed by atoms with Gasteiger partial charge in [0.15, 0.2) is 0 Å². The average Bonchev–Trinajstić information content (AvgIpc) is 3.30. The molecule has 2 aromatic carbocycles. The van der Waals surface area contributed by atoms with Gasteiger partial charge in [0.05, 0.1) is 42.2 Å². The fraction of sp³-hybridized carbons (Fsp3) is 0.355. The van der Waals surface area contributed by atoms with Crippen LogP contribution in [0, 0.1) is 23.2 Å². The number of nitrogens with zero attached hydrogens (tertiary/aromatic N) is 6. The number of sulfone groups is 1. The van der Waals surface area contributed by atoms with Crippen LogP contribution >= 0.6 is 0 Å². The van der Waals surface area contributed by atoms with E-state index in [2.05, 4.69) is 23.0 Å². The zero-order chi connectivity index (χ0) is 34.0. The third-order valence-electron chi connectivity index (χ3n) is 7.13. The van der Waals surface area contributed by atoms with Crippen LogP contribution in [0.4, 0.5) is 24.8 Å². The molecule has 0 fully saturated rings. The summed E-state index contributed by atoms with van der Waals surface area (Å²) in [7, 11) is 1.39. The van der Waals surface area contributed by atoms with Gasteiger partial charge in [0.1, 0.15) is 15.9 Å². The van der Waals surface area contributed by atoms with E-state index in [9.17, 15) is 36.4 Å². The number of methoxy groups -OCH3 is 1. The van der Waals surface area contributed by atoms with Crippen molar-refractivity contribution in [1.82, 2.24) is 19.2 Å². The van der Waals surface area contributed by atoms with Crippen molar-refractivity contribution in [2.24, 2.45) is 0 Å². The molecule has 0 saturated heterocycles. The summed E-state index contributed by atoms with van der Waals surface area (Å²) >= 11 is 0. The highest BCUT2D eigenvalue weighted by Crippen LogP contribution is 2.43. The first-order valence-corrected chi connectivity index (χ1v) is 15.9. The molecule has 0 saturated carbocycles. The highest BCUT2D eigenvalue weighted by molar-refractivity contribution is 7.90. The number of nitriles is 1. The number of ether oxygens (including phenoxy) is 1. The number of esters is 1. The first-order valence-electron chi connectivity index (χ1n) is 13.9. The molecule has 1 aromatic heterocycles. The summed E-state index contributed by atoms with van der Waals surface area (Å²) in [6.45, 7) is 1.72. The lowest BCUT2D eigenvalue weighted by molar-refractivity contribution is -0.138. The molecule has 0 amide bonds. The number of benzene rings is 2. The molecule has 0 N–H and O–H groups in total. The standard InChI is InChI=1S/C31H31F3N6O5S/c1-20-26(28(41)45-4)27(25-13-12-21(19-35)17-22(25)9-7-14-37(2)3)40-29(36-38(30(40)42)15-8-16-46(5,43)44)39(20)24-11-6-10-23(18-24)31(32,33)34/h6,10-13,17-18,27H,8,14-16H2,1-5H3. The van der Waals surface area contributed by atoms with Crippen LogP contribution in [0.2, 0.25) is 0 Å². The SMILES string of the molecule is COC(=O)C1=C(C)N(c2cccc(C(F)(F)F)c2)c2nn(CCCS(C)(=O)=O)c(=O)n2C1c1ccc(C#N)cc1C#CCN(C)C. The molecule has 3 aromatic rings.